The van der Waals surface area contributed by atoms with E-state index in [2.05, 4.69) is 20.6 Å². The fourth-order valence-electron chi connectivity index (χ4n) is 3.26. The Balaban J connectivity index is 1.72. The summed E-state index contributed by atoms with van der Waals surface area (Å²) in [5, 5.41) is 6.59. The number of rotatable bonds is 8. The Morgan fingerprint density at radius 2 is 2.18 bits per heavy atom. The Kier molecular flexibility index (Phi) is 6.94. The number of para-hydroxylation sites is 1. The molecule has 1 fully saturated rings. The van der Waals surface area contributed by atoms with Gasteiger partial charge in [0.1, 0.15) is 0 Å². The Labute approximate surface area is 167 Å². The number of aliphatic imine (C=N–C) groups is 1. The topological polar surface area (TPSA) is 135 Å². The number of Topliss-reactive ketones (excluding diaryl/α,β-unsaturated/α-hetero) is 1. The molecule has 0 radical (unpaired) electrons. The second-order valence-electron chi connectivity index (χ2n) is 6.90. The number of nitrogens with zero attached hydrogens (tertiary/aromatic N) is 2. The molecule has 9 heteroatoms. The number of carbonyl (C=O) groups excluding carboxylic acids is 2. The summed E-state index contributed by atoms with van der Waals surface area (Å²) < 4.78 is 0.952. The minimum Gasteiger partial charge on any atom is -0.370 e. The van der Waals surface area contributed by atoms with Gasteiger partial charge in [-0.15, -0.1) is 11.3 Å². The number of amides is 1. The van der Waals surface area contributed by atoms with Crippen molar-refractivity contribution in [1.29, 1.82) is 0 Å². The van der Waals surface area contributed by atoms with E-state index >= 15 is 0 Å². The quantitative estimate of drug-likeness (QED) is 0.225. The van der Waals surface area contributed by atoms with Crippen LogP contribution in [-0.4, -0.2) is 48.3 Å². The van der Waals surface area contributed by atoms with Crippen LogP contribution < -0.4 is 22.1 Å². The number of aromatic nitrogens is 1. The van der Waals surface area contributed by atoms with E-state index in [9.17, 15) is 9.59 Å². The Morgan fingerprint density at radius 3 is 2.89 bits per heavy atom. The fourth-order valence-corrected chi connectivity index (χ4v) is 4.22. The summed E-state index contributed by atoms with van der Waals surface area (Å²) in [7, 11) is 0. The van der Waals surface area contributed by atoms with Crippen molar-refractivity contribution >= 4 is 39.2 Å². The summed E-state index contributed by atoms with van der Waals surface area (Å²) >= 11 is 1.35. The second-order valence-corrected chi connectivity index (χ2v) is 7.93. The first-order valence-corrected chi connectivity index (χ1v) is 10.3. The van der Waals surface area contributed by atoms with E-state index < -0.39 is 6.04 Å². The normalized spacial score (nSPS) is 17.8. The molecule has 1 saturated heterocycles. The number of thiazole rings is 1. The Bertz CT molecular complexity index is 822. The molecule has 3 rings (SSSR count). The molecule has 6 N–H and O–H groups in total. The van der Waals surface area contributed by atoms with Gasteiger partial charge in [0.2, 0.25) is 11.7 Å². The van der Waals surface area contributed by atoms with Crippen LogP contribution in [0.15, 0.2) is 29.3 Å². The summed E-state index contributed by atoms with van der Waals surface area (Å²) in [4.78, 5) is 34.2. The first-order chi connectivity index (χ1) is 13.5. The number of piperidine rings is 1. The molecule has 1 unspecified atom stereocenters. The van der Waals surface area contributed by atoms with Gasteiger partial charge in [-0.25, -0.2) is 4.98 Å². The van der Waals surface area contributed by atoms with Gasteiger partial charge in [-0.3, -0.25) is 14.6 Å². The van der Waals surface area contributed by atoms with Gasteiger partial charge in [0, 0.05) is 13.1 Å². The number of nitrogens with two attached hydrogens (primary N) is 2. The monoisotopic (exact) mass is 402 g/mol. The number of nitrogens with one attached hydrogen (secondary N) is 2. The lowest BCUT2D eigenvalue weighted by molar-refractivity contribution is -0.126. The minimum absolute atomic E-state index is 0.0198. The maximum Gasteiger partial charge on any atom is 0.224 e. The first kappa shape index (κ1) is 20.2. The molecule has 8 nitrogen and oxygen atoms in total. The molecule has 1 aromatic carbocycles. The van der Waals surface area contributed by atoms with Crippen molar-refractivity contribution < 1.29 is 9.59 Å². The highest BCUT2D eigenvalue weighted by Gasteiger charge is 2.28. The van der Waals surface area contributed by atoms with Crippen LogP contribution in [-0.2, 0) is 4.79 Å². The van der Waals surface area contributed by atoms with Gasteiger partial charge >= 0.3 is 0 Å². The predicted molar refractivity (Wildman–Crippen MR) is 111 cm³/mol. The van der Waals surface area contributed by atoms with Crippen LogP contribution in [0, 0.1) is 5.92 Å². The highest BCUT2D eigenvalue weighted by Crippen LogP contribution is 2.23. The minimum atomic E-state index is -0.635. The Hall–Kier alpha value is -2.52. The molecule has 0 bridgehead atoms. The lowest BCUT2D eigenvalue weighted by Crippen LogP contribution is -2.47. The third kappa shape index (κ3) is 5.26. The summed E-state index contributed by atoms with van der Waals surface area (Å²) in [6, 6.07) is 6.98. The molecule has 1 aliphatic rings. The summed E-state index contributed by atoms with van der Waals surface area (Å²) in [5.41, 5.74) is 11.5. The number of fused-ring (bicyclic) bond motifs is 1. The third-order valence-corrected chi connectivity index (χ3v) is 5.80. The van der Waals surface area contributed by atoms with Gasteiger partial charge < -0.3 is 22.1 Å². The van der Waals surface area contributed by atoms with Gasteiger partial charge in [0.05, 0.1) is 22.2 Å². The SMILES string of the molecule is NC(N)=NCCCC(NC(=O)[C@H]1CCCNC1)C(=O)c1nc2ccccc2s1. The van der Waals surface area contributed by atoms with Crippen molar-refractivity contribution in [3.8, 4) is 0 Å². The largest absolute Gasteiger partial charge is 0.370 e. The number of hydrogen-bond donors (Lipinski definition) is 4. The number of hydrogen-bond acceptors (Lipinski definition) is 6. The smallest absolute Gasteiger partial charge is 0.224 e. The molecule has 28 heavy (non-hydrogen) atoms. The van der Waals surface area contributed by atoms with Crippen molar-refractivity contribution in [1.82, 2.24) is 15.6 Å². The van der Waals surface area contributed by atoms with Crippen LogP contribution in [0.25, 0.3) is 10.2 Å². The molecule has 0 aliphatic carbocycles. The maximum absolute atomic E-state index is 13.1. The Morgan fingerprint density at radius 1 is 1.36 bits per heavy atom. The zero-order chi connectivity index (χ0) is 19.9. The second kappa shape index (κ2) is 9.61. The van der Waals surface area contributed by atoms with Crippen LogP contribution >= 0.6 is 11.3 Å². The first-order valence-electron chi connectivity index (χ1n) is 9.51. The van der Waals surface area contributed by atoms with Crippen molar-refractivity contribution in [2.75, 3.05) is 19.6 Å². The van der Waals surface area contributed by atoms with Crippen molar-refractivity contribution in [3.63, 3.8) is 0 Å². The van der Waals surface area contributed by atoms with E-state index in [0.717, 1.165) is 29.6 Å². The van der Waals surface area contributed by atoms with Crippen molar-refractivity contribution in [3.05, 3.63) is 29.3 Å². The van der Waals surface area contributed by atoms with E-state index in [4.69, 9.17) is 11.5 Å². The van der Waals surface area contributed by atoms with Crippen LogP contribution in [0.5, 0.6) is 0 Å². The number of guanidine groups is 1. The molecule has 150 valence electrons. The molecule has 1 aliphatic heterocycles. The highest BCUT2D eigenvalue weighted by atomic mass is 32.1. The van der Waals surface area contributed by atoms with Gasteiger partial charge in [0.15, 0.2) is 11.0 Å². The molecule has 2 heterocycles. The van der Waals surface area contributed by atoms with Crippen LogP contribution in [0.1, 0.15) is 35.5 Å². The van der Waals surface area contributed by atoms with Gasteiger partial charge in [-0.1, -0.05) is 12.1 Å². The summed E-state index contributed by atoms with van der Waals surface area (Å²) in [6.07, 6.45) is 2.83. The molecular weight excluding hydrogens is 376 g/mol. The standard InChI is InChI=1S/C19H26N6O2S/c20-19(21)23-10-4-7-14(24-17(27)12-5-3-9-22-11-12)16(26)18-25-13-6-1-2-8-15(13)28-18/h1-2,6,8,12,14,22H,3-5,7,9-11H2,(H,24,27)(H4,20,21,23)/t12-,14?/m0/s1. The zero-order valence-electron chi connectivity index (χ0n) is 15.7. The van der Waals surface area contributed by atoms with Gasteiger partial charge in [-0.05, 0) is 44.4 Å². The van der Waals surface area contributed by atoms with Crippen LogP contribution in [0.3, 0.4) is 0 Å². The lowest BCUT2D eigenvalue weighted by Gasteiger charge is -2.24. The van der Waals surface area contributed by atoms with E-state index in [1.165, 1.54) is 11.3 Å². The lowest BCUT2D eigenvalue weighted by atomic mass is 9.97. The summed E-state index contributed by atoms with van der Waals surface area (Å²) in [6.45, 7) is 1.98. The average molecular weight is 403 g/mol. The average Bonchev–Trinajstić information content (AvgIpc) is 3.14. The zero-order valence-corrected chi connectivity index (χ0v) is 16.5. The van der Waals surface area contributed by atoms with Crippen molar-refractivity contribution in [2.24, 2.45) is 22.4 Å². The third-order valence-electron chi connectivity index (χ3n) is 4.75. The molecule has 2 aromatic rings. The van der Waals surface area contributed by atoms with E-state index in [1.807, 2.05) is 24.3 Å². The molecule has 0 saturated carbocycles. The van der Waals surface area contributed by atoms with E-state index in [1.54, 1.807) is 0 Å². The molecular formula is C19H26N6O2S. The molecule has 1 amide bonds. The van der Waals surface area contributed by atoms with Gasteiger partial charge in [0.25, 0.3) is 0 Å². The predicted octanol–water partition coefficient (Wildman–Crippen LogP) is 1.02. The van der Waals surface area contributed by atoms with Crippen LogP contribution in [0.2, 0.25) is 0 Å². The van der Waals surface area contributed by atoms with E-state index in [0.29, 0.717) is 30.9 Å². The van der Waals surface area contributed by atoms with Crippen LogP contribution in [0.4, 0.5) is 0 Å². The van der Waals surface area contributed by atoms with Crippen molar-refractivity contribution in [2.45, 2.75) is 31.7 Å². The summed E-state index contributed by atoms with van der Waals surface area (Å²) in [5.74, 6) is -0.347. The molecule has 1 aromatic heterocycles. The maximum atomic E-state index is 13.1. The number of benzene rings is 1. The van der Waals surface area contributed by atoms with Gasteiger partial charge in [-0.2, -0.15) is 0 Å². The number of carbonyl (C=O) groups is 2. The number of ketones is 1. The fraction of sp³-hybridized carbons (Fsp3) is 0.474. The highest BCUT2D eigenvalue weighted by molar-refractivity contribution is 7.20. The van der Waals surface area contributed by atoms with E-state index in [-0.39, 0.29) is 23.6 Å². The molecule has 2 atom stereocenters. The molecule has 0 spiro atoms.